The molecule has 1 rings (SSSR count). The third-order valence-corrected chi connectivity index (χ3v) is 3.15. The van der Waals surface area contributed by atoms with Crippen LogP contribution in [0.3, 0.4) is 0 Å². The molecule has 0 aliphatic heterocycles. The van der Waals surface area contributed by atoms with Gasteiger partial charge in [0, 0.05) is 0 Å². The van der Waals surface area contributed by atoms with Gasteiger partial charge in [0.2, 0.25) is 0 Å². The average molecular weight is 323 g/mol. The zero-order chi connectivity index (χ0) is 17.2. The number of hydrogen-bond donors (Lipinski definition) is 0. The molecule has 0 bridgehead atoms. The monoisotopic (exact) mass is 323 g/mol. The Balaban J connectivity index is 2.67. The lowest BCUT2D eigenvalue weighted by Crippen LogP contribution is -2.26. The van der Waals surface area contributed by atoms with Crippen LogP contribution in [0, 0.1) is 5.92 Å². The number of carbonyl (C=O) groups excluding carboxylic acids is 3. The summed E-state index contributed by atoms with van der Waals surface area (Å²) in [4.78, 5) is 39.5. The van der Waals surface area contributed by atoms with Crippen LogP contribution in [-0.2, 0) is 19.1 Å². The Morgan fingerprint density at radius 1 is 1.35 bits per heavy atom. The number of hydrogen-bond acceptors (Lipinski definition) is 7. The molecule has 126 valence electrons. The summed E-state index contributed by atoms with van der Waals surface area (Å²) in [5.41, 5.74) is 0.322. The highest BCUT2D eigenvalue weighted by atomic mass is 16.5. The van der Waals surface area contributed by atoms with Gasteiger partial charge in [-0.1, -0.05) is 0 Å². The summed E-state index contributed by atoms with van der Waals surface area (Å²) in [7, 11) is 1.29. The van der Waals surface area contributed by atoms with E-state index < -0.39 is 23.9 Å². The molecule has 1 aromatic rings. The van der Waals surface area contributed by atoms with Crippen molar-refractivity contribution in [2.24, 2.45) is 10.9 Å². The summed E-state index contributed by atoms with van der Waals surface area (Å²) in [5, 5.41) is 0. The van der Waals surface area contributed by atoms with E-state index in [1.807, 2.05) is 0 Å². The molecule has 0 spiro atoms. The molecule has 0 aliphatic rings. The van der Waals surface area contributed by atoms with Gasteiger partial charge >= 0.3 is 11.9 Å². The second-order valence-corrected chi connectivity index (χ2v) is 4.79. The van der Waals surface area contributed by atoms with Crippen molar-refractivity contribution in [3.05, 3.63) is 24.2 Å². The lowest BCUT2D eigenvalue weighted by atomic mass is 9.95. The summed E-state index contributed by atoms with van der Waals surface area (Å²) in [6.45, 7) is 3.47. The molecule has 0 saturated heterocycles. The SMILES string of the molecule is CCOC(=O)C(CCC=NC(C)C(=O)OC)C(=O)c1ccoc1. The molecule has 0 aliphatic carbocycles. The van der Waals surface area contributed by atoms with Gasteiger partial charge in [0.15, 0.2) is 5.78 Å². The fraction of sp³-hybridized carbons (Fsp3) is 0.500. The fourth-order valence-electron chi connectivity index (χ4n) is 1.91. The number of furan rings is 1. The van der Waals surface area contributed by atoms with E-state index in [2.05, 4.69) is 9.73 Å². The van der Waals surface area contributed by atoms with E-state index >= 15 is 0 Å². The van der Waals surface area contributed by atoms with Crippen molar-refractivity contribution in [3.63, 3.8) is 0 Å². The first-order chi connectivity index (χ1) is 11.0. The van der Waals surface area contributed by atoms with Crippen LogP contribution in [0.5, 0.6) is 0 Å². The molecule has 1 heterocycles. The zero-order valence-electron chi connectivity index (χ0n) is 13.5. The molecule has 0 N–H and O–H groups in total. The Morgan fingerprint density at radius 3 is 2.65 bits per heavy atom. The predicted octanol–water partition coefficient (Wildman–Crippen LogP) is 2.05. The zero-order valence-corrected chi connectivity index (χ0v) is 13.5. The first-order valence-corrected chi connectivity index (χ1v) is 7.33. The summed E-state index contributed by atoms with van der Waals surface area (Å²) in [6.07, 6.45) is 4.77. The summed E-state index contributed by atoms with van der Waals surface area (Å²) >= 11 is 0. The van der Waals surface area contributed by atoms with E-state index in [-0.39, 0.29) is 18.8 Å². The molecule has 0 saturated carbocycles. The van der Waals surface area contributed by atoms with Crippen LogP contribution in [0.25, 0.3) is 0 Å². The molecular formula is C16H21NO6. The number of methoxy groups -OCH3 is 1. The van der Waals surface area contributed by atoms with Gasteiger partial charge in [0.1, 0.15) is 18.2 Å². The molecule has 7 heteroatoms. The van der Waals surface area contributed by atoms with Gasteiger partial charge in [0.05, 0.1) is 25.5 Å². The van der Waals surface area contributed by atoms with E-state index in [9.17, 15) is 14.4 Å². The van der Waals surface area contributed by atoms with E-state index in [0.717, 1.165) is 0 Å². The van der Waals surface area contributed by atoms with Gasteiger partial charge in [-0.25, -0.2) is 4.79 Å². The number of ether oxygens (including phenoxy) is 2. The largest absolute Gasteiger partial charge is 0.472 e. The minimum atomic E-state index is -0.924. The van der Waals surface area contributed by atoms with Crippen LogP contribution in [0.1, 0.15) is 37.0 Å². The number of esters is 2. The van der Waals surface area contributed by atoms with Gasteiger partial charge in [-0.05, 0) is 39.0 Å². The Labute approximate surface area is 134 Å². The minimum Gasteiger partial charge on any atom is -0.472 e. The lowest BCUT2D eigenvalue weighted by molar-refractivity contribution is -0.146. The maximum atomic E-state index is 12.3. The van der Waals surface area contributed by atoms with Gasteiger partial charge < -0.3 is 13.9 Å². The number of ketones is 1. The molecule has 0 fully saturated rings. The predicted molar refractivity (Wildman–Crippen MR) is 82.4 cm³/mol. The van der Waals surface area contributed by atoms with Crippen LogP contribution in [0.4, 0.5) is 0 Å². The molecular weight excluding hydrogens is 302 g/mol. The van der Waals surface area contributed by atoms with Crippen molar-refractivity contribution in [1.82, 2.24) is 0 Å². The minimum absolute atomic E-state index is 0.196. The number of Topliss-reactive ketones (excluding diaryl/α,β-unsaturated/α-hetero) is 1. The van der Waals surface area contributed by atoms with Crippen LogP contribution in [0.15, 0.2) is 28.0 Å². The Kier molecular flexibility index (Phi) is 7.73. The van der Waals surface area contributed by atoms with Gasteiger partial charge in [0.25, 0.3) is 0 Å². The highest BCUT2D eigenvalue weighted by Crippen LogP contribution is 2.16. The normalized spacial score (nSPS) is 13.5. The molecule has 7 nitrogen and oxygen atoms in total. The maximum absolute atomic E-state index is 12.3. The second kappa shape index (κ2) is 9.55. The molecule has 0 radical (unpaired) electrons. The third kappa shape index (κ3) is 5.69. The van der Waals surface area contributed by atoms with Crippen molar-refractivity contribution in [2.75, 3.05) is 13.7 Å². The first-order valence-electron chi connectivity index (χ1n) is 7.33. The summed E-state index contributed by atoms with van der Waals surface area (Å²) in [5.74, 6) is -2.30. The van der Waals surface area contributed by atoms with Crippen molar-refractivity contribution in [3.8, 4) is 0 Å². The van der Waals surface area contributed by atoms with Gasteiger partial charge in [-0.2, -0.15) is 0 Å². The quantitative estimate of drug-likeness (QED) is 0.299. The highest BCUT2D eigenvalue weighted by Gasteiger charge is 2.28. The van der Waals surface area contributed by atoms with E-state index in [0.29, 0.717) is 12.0 Å². The average Bonchev–Trinajstić information content (AvgIpc) is 3.07. The van der Waals surface area contributed by atoms with Crippen LogP contribution < -0.4 is 0 Å². The van der Waals surface area contributed by atoms with E-state index in [1.54, 1.807) is 13.8 Å². The van der Waals surface area contributed by atoms with Gasteiger partial charge in [-0.3, -0.25) is 14.6 Å². The summed E-state index contributed by atoms with van der Waals surface area (Å²) < 4.78 is 14.4. The van der Waals surface area contributed by atoms with Crippen molar-refractivity contribution in [1.29, 1.82) is 0 Å². The fourth-order valence-corrected chi connectivity index (χ4v) is 1.91. The van der Waals surface area contributed by atoms with Crippen molar-refractivity contribution in [2.45, 2.75) is 32.7 Å². The lowest BCUT2D eigenvalue weighted by Gasteiger charge is -2.12. The highest BCUT2D eigenvalue weighted by molar-refractivity contribution is 6.08. The molecule has 0 aromatic carbocycles. The van der Waals surface area contributed by atoms with E-state index in [4.69, 9.17) is 9.15 Å². The Hall–Kier alpha value is -2.44. The van der Waals surface area contributed by atoms with Crippen LogP contribution >= 0.6 is 0 Å². The topological polar surface area (TPSA) is 95.2 Å². The van der Waals surface area contributed by atoms with Crippen molar-refractivity contribution < 1.29 is 28.3 Å². The molecule has 1 aromatic heterocycles. The van der Waals surface area contributed by atoms with Crippen LogP contribution in [-0.4, -0.2) is 43.7 Å². The number of aliphatic imine (C=N–C) groups is 1. The number of nitrogens with zero attached hydrogens (tertiary/aromatic N) is 1. The molecule has 2 unspecified atom stereocenters. The Morgan fingerprint density at radius 2 is 2.09 bits per heavy atom. The number of rotatable bonds is 9. The maximum Gasteiger partial charge on any atom is 0.330 e. The first kappa shape index (κ1) is 18.6. The third-order valence-electron chi connectivity index (χ3n) is 3.15. The van der Waals surface area contributed by atoms with Crippen molar-refractivity contribution >= 4 is 23.9 Å². The van der Waals surface area contributed by atoms with Crippen LogP contribution in [0.2, 0.25) is 0 Å². The molecule has 2 atom stereocenters. The smallest absolute Gasteiger partial charge is 0.330 e. The molecule has 23 heavy (non-hydrogen) atoms. The Bertz CT molecular complexity index is 549. The summed E-state index contributed by atoms with van der Waals surface area (Å²) in [6, 6.07) is 0.882. The van der Waals surface area contributed by atoms with Gasteiger partial charge in [-0.15, -0.1) is 0 Å². The standard InChI is InChI=1S/C16H21NO6/c1-4-23-16(20)13(14(18)12-7-9-22-10-12)6-5-8-17-11(2)15(19)21-3/h7-11,13H,4-6H2,1-3H3. The number of carbonyl (C=O) groups is 3. The second-order valence-electron chi connectivity index (χ2n) is 4.79. The molecule has 0 amide bonds. The van der Waals surface area contributed by atoms with E-state index in [1.165, 1.54) is 31.9 Å².